The van der Waals surface area contributed by atoms with Crippen LogP contribution in [0.4, 0.5) is 0 Å². The lowest BCUT2D eigenvalue weighted by atomic mass is 9.84. The molecule has 2 aromatic carbocycles. The molecule has 4 nitrogen and oxygen atoms in total. The minimum atomic E-state index is -4.24. The molecule has 24 heavy (non-hydrogen) atoms. The lowest BCUT2D eigenvalue weighted by Crippen LogP contribution is -2.05. The van der Waals surface area contributed by atoms with E-state index in [4.69, 9.17) is 0 Å². The van der Waals surface area contributed by atoms with Crippen molar-refractivity contribution >= 4 is 10.1 Å². The minimum Gasteiger partial charge on any atom is -0.748 e. The van der Waals surface area contributed by atoms with Crippen LogP contribution in [0, 0.1) is 0 Å². The average molecular weight is 347 g/mol. The fourth-order valence-electron chi connectivity index (χ4n) is 2.99. The molecular formula is C19H23O4S-. The molecule has 0 aliphatic rings. The molecule has 0 saturated carbocycles. The molecule has 2 atom stereocenters. The highest BCUT2D eigenvalue weighted by Crippen LogP contribution is 2.32. The van der Waals surface area contributed by atoms with Crippen LogP contribution in [0.2, 0.25) is 0 Å². The summed E-state index contributed by atoms with van der Waals surface area (Å²) in [7, 11) is -4.24. The molecule has 130 valence electrons. The maximum atomic E-state index is 10.8. The largest absolute Gasteiger partial charge is 0.748 e. The van der Waals surface area contributed by atoms with Gasteiger partial charge in [0.2, 0.25) is 0 Å². The number of phenols is 1. The van der Waals surface area contributed by atoms with Gasteiger partial charge in [-0.25, -0.2) is 8.42 Å². The number of rotatable bonds is 7. The SMILES string of the molecule is CCC(CC(C)c1ccc(O)cc1)c1ccc(CS(=O)(=O)[O-])cc1. The number of benzene rings is 2. The van der Waals surface area contributed by atoms with Crippen LogP contribution < -0.4 is 0 Å². The van der Waals surface area contributed by atoms with Gasteiger partial charge in [-0.15, -0.1) is 0 Å². The zero-order valence-corrected chi connectivity index (χ0v) is 14.8. The molecule has 2 unspecified atom stereocenters. The summed E-state index contributed by atoms with van der Waals surface area (Å²) < 4.78 is 32.5. The first-order chi connectivity index (χ1) is 11.3. The van der Waals surface area contributed by atoms with Gasteiger partial charge in [-0.2, -0.15) is 0 Å². The summed E-state index contributed by atoms with van der Waals surface area (Å²) in [6.07, 6.45) is 1.93. The van der Waals surface area contributed by atoms with Crippen molar-refractivity contribution in [2.45, 2.75) is 44.3 Å². The summed E-state index contributed by atoms with van der Waals surface area (Å²) in [5.74, 6) is 0.499. The van der Waals surface area contributed by atoms with Crippen LogP contribution in [0.3, 0.4) is 0 Å². The lowest BCUT2D eigenvalue weighted by molar-refractivity contribution is 0.462. The monoisotopic (exact) mass is 347 g/mol. The molecule has 0 fully saturated rings. The molecule has 0 spiro atoms. The minimum absolute atomic E-state index is 0.266. The van der Waals surface area contributed by atoms with Crippen LogP contribution in [-0.4, -0.2) is 18.1 Å². The van der Waals surface area contributed by atoms with Gasteiger partial charge in [-0.1, -0.05) is 50.2 Å². The van der Waals surface area contributed by atoms with Gasteiger partial charge in [-0.3, -0.25) is 0 Å². The van der Waals surface area contributed by atoms with Crippen molar-refractivity contribution in [3.63, 3.8) is 0 Å². The third-order valence-electron chi connectivity index (χ3n) is 4.39. The summed E-state index contributed by atoms with van der Waals surface area (Å²) in [5, 5.41) is 9.39. The van der Waals surface area contributed by atoms with Crippen LogP contribution in [0.1, 0.15) is 55.2 Å². The fourth-order valence-corrected chi connectivity index (χ4v) is 3.60. The second-order valence-corrected chi connectivity index (χ2v) is 7.68. The Balaban J connectivity index is 2.09. The second-order valence-electron chi connectivity index (χ2n) is 6.28. The van der Waals surface area contributed by atoms with Crippen LogP contribution in [0.25, 0.3) is 0 Å². The Hall–Kier alpha value is -1.85. The van der Waals surface area contributed by atoms with Crippen molar-refractivity contribution < 1.29 is 18.1 Å². The summed E-state index contributed by atoms with van der Waals surface area (Å²) in [6, 6.07) is 14.5. The molecule has 0 aliphatic heterocycles. The molecule has 0 bridgehead atoms. The van der Waals surface area contributed by atoms with E-state index in [1.807, 2.05) is 24.3 Å². The third kappa shape index (κ3) is 5.35. The highest BCUT2D eigenvalue weighted by molar-refractivity contribution is 7.84. The van der Waals surface area contributed by atoms with Crippen molar-refractivity contribution in [2.24, 2.45) is 0 Å². The summed E-state index contributed by atoms with van der Waals surface area (Å²) in [5.41, 5.74) is 2.85. The van der Waals surface area contributed by atoms with Crippen molar-refractivity contribution in [2.75, 3.05) is 0 Å². The molecule has 0 radical (unpaired) electrons. The summed E-state index contributed by atoms with van der Waals surface area (Å²) in [4.78, 5) is 0. The molecule has 0 aliphatic carbocycles. The van der Waals surface area contributed by atoms with E-state index in [9.17, 15) is 18.1 Å². The molecule has 2 rings (SSSR count). The standard InChI is InChI=1S/C19H24O4S/c1-3-16(12-14(2)17-8-10-19(20)11-9-17)18-6-4-15(5-7-18)13-24(21,22)23/h4-11,14,16,20H,3,12-13H2,1-2H3,(H,21,22,23)/p-1. The maximum Gasteiger partial charge on any atom is 0.115 e. The predicted molar refractivity (Wildman–Crippen MR) is 94.0 cm³/mol. The van der Waals surface area contributed by atoms with Crippen LogP contribution in [0.15, 0.2) is 48.5 Å². The maximum absolute atomic E-state index is 10.8. The van der Waals surface area contributed by atoms with E-state index >= 15 is 0 Å². The zero-order valence-electron chi connectivity index (χ0n) is 14.0. The van der Waals surface area contributed by atoms with Crippen LogP contribution in [-0.2, 0) is 15.9 Å². The molecule has 1 N–H and O–H groups in total. The molecule has 0 saturated heterocycles. The zero-order chi connectivity index (χ0) is 17.7. The highest BCUT2D eigenvalue weighted by atomic mass is 32.2. The predicted octanol–water partition coefficient (Wildman–Crippen LogP) is 4.12. The lowest BCUT2D eigenvalue weighted by Gasteiger charge is -2.21. The van der Waals surface area contributed by atoms with E-state index in [1.165, 1.54) is 5.56 Å². The van der Waals surface area contributed by atoms with E-state index in [0.717, 1.165) is 18.4 Å². The Labute approximate surface area is 143 Å². The summed E-state index contributed by atoms with van der Waals surface area (Å²) in [6.45, 7) is 4.29. The van der Waals surface area contributed by atoms with Gasteiger partial charge >= 0.3 is 0 Å². The first kappa shape index (κ1) is 18.5. The van der Waals surface area contributed by atoms with Gasteiger partial charge in [0.15, 0.2) is 0 Å². The van der Waals surface area contributed by atoms with Gasteiger partial charge in [0, 0.05) is 0 Å². The van der Waals surface area contributed by atoms with Crippen molar-refractivity contribution in [3.8, 4) is 5.75 Å². The van der Waals surface area contributed by atoms with Gasteiger partial charge in [0.25, 0.3) is 0 Å². The van der Waals surface area contributed by atoms with E-state index in [-0.39, 0.29) is 5.75 Å². The molecule has 0 heterocycles. The molecule has 0 aromatic heterocycles. The Bertz CT molecular complexity index is 749. The Kier molecular flexibility index (Phi) is 6.02. The smallest absolute Gasteiger partial charge is 0.115 e. The topological polar surface area (TPSA) is 77.4 Å². The number of hydrogen-bond donors (Lipinski definition) is 1. The van der Waals surface area contributed by atoms with Gasteiger partial charge < -0.3 is 9.66 Å². The van der Waals surface area contributed by atoms with E-state index in [1.54, 1.807) is 24.3 Å². The number of phenolic OH excluding ortho intramolecular Hbond substituents is 1. The molecule has 2 aromatic rings. The van der Waals surface area contributed by atoms with E-state index < -0.39 is 15.9 Å². The quantitative estimate of drug-likeness (QED) is 0.764. The number of aromatic hydroxyl groups is 1. The van der Waals surface area contributed by atoms with Gasteiger partial charge in [0.1, 0.15) is 5.75 Å². The second kappa shape index (κ2) is 7.81. The average Bonchev–Trinajstić information content (AvgIpc) is 2.52. The first-order valence-electron chi connectivity index (χ1n) is 8.10. The van der Waals surface area contributed by atoms with Crippen molar-refractivity contribution in [3.05, 3.63) is 65.2 Å². The van der Waals surface area contributed by atoms with Crippen LogP contribution in [0.5, 0.6) is 5.75 Å². The molecule has 0 amide bonds. The Morgan fingerprint density at radius 1 is 1.00 bits per heavy atom. The fraction of sp³-hybridized carbons (Fsp3) is 0.368. The van der Waals surface area contributed by atoms with Gasteiger partial charge in [0.05, 0.1) is 15.9 Å². The number of hydrogen-bond acceptors (Lipinski definition) is 4. The first-order valence-corrected chi connectivity index (χ1v) is 9.67. The van der Waals surface area contributed by atoms with Crippen molar-refractivity contribution in [1.82, 2.24) is 0 Å². The molecular weight excluding hydrogens is 324 g/mol. The Morgan fingerprint density at radius 3 is 2.04 bits per heavy atom. The summed E-state index contributed by atoms with van der Waals surface area (Å²) >= 11 is 0. The van der Waals surface area contributed by atoms with E-state index in [2.05, 4.69) is 13.8 Å². The Morgan fingerprint density at radius 2 is 1.54 bits per heavy atom. The third-order valence-corrected chi connectivity index (χ3v) is 5.07. The van der Waals surface area contributed by atoms with Crippen molar-refractivity contribution in [1.29, 1.82) is 0 Å². The van der Waals surface area contributed by atoms with Crippen LogP contribution >= 0.6 is 0 Å². The normalized spacial score (nSPS) is 14.3. The van der Waals surface area contributed by atoms with Gasteiger partial charge in [-0.05, 0) is 53.5 Å². The molecule has 5 heteroatoms. The van der Waals surface area contributed by atoms with E-state index in [0.29, 0.717) is 17.4 Å². The highest BCUT2D eigenvalue weighted by Gasteiger charge is 2.15.